The molecule has 0 saturated heterocycles. The van der Waals surface area contributed by atoms with Crippen molar-refractivity contribution in [2.75, 3.05) is 0 Å². The van der Waals surface area contributed by atoms with Crippen LogP contribution in [0.25, 0.3) is 11.0 Å². The van der Waals surface area contributed by atoms with Gasteiger partial charge in [0.05, 0.1) is 11.0 Å². The number of thiazole rings is 1. The average Bonchev–Trinajstić information content (AvgIpc) is 3.12. The summed E-state index contributed by atoms with van der Waals surface area (Å²) in [5.41, 5.74) is 2.28. The third kappa shape index (κ3) is 3.48. The summed E-state index contributed by atoms with van der Waals surface area (Å²) >= 11 is 1.63. The normalized spacial score (nSPS) is 12.3. The second-order valence-corrected chi connectivity index (χ2v) is 6.82. The largest absolute Gasteiger partial charge is 0.344 e. The van der Waals surface area contributed by atoms with Crippen molar-refractivity contribution >= 4 is 28.3 Å². The van der Waals surface area contributed by atoms with Crippen LogP contribution >= 0.6 is 11.3 Å². The Morgan fingerprint density at radius 2 is 2.22 bits per heavy atom. The maximum absolute atomic E-state index is 12.4. The number of fused-ring (bicyclic) bond motifs is 1. The molecule has 0 aliphatic rings. The number of carbonyl (C=O) groups excluding carboxylic acids is 1. The van der Waals surface area contributed by atoms with Gasteiger partial charge in [0.1, 0.15) is 11.3 Å². The highest BCUT2D eigenvalue weighted by Crippen LogP contribution is 2.16. The average molecular weight is 326 g/mol. The number of nitrogens with one attached hydrogen (secondary N) is 2. The molecule has 1 amide bonds. The van der Waals surface area contributed by atoms with Crippen LogP contribution in [0.3, 0.4) is 0 Å². The molecule has 1 atom stereocenters. The standard InChI is InChI=1S/C17H18N4OS/c1-4-13(7-14-9-18-11(3)23-14)20-17(22)15-6-12-5-10(2)8-19-16(12)21-15/h4-6,8-9,13H,1,7H2,2-3H3,(H,19,21)(H,20,22). The van der Waals surface area contributed by atoms with Gasteiger partial charge in [-0.25, -0.2) is 9.97 Å². The van der Waals surface area contributed by atoms with Crippen molar-refractivity contribution in [3.8, 4) is 0 Å². The molecule has 0 aliphatic heterocycles. The molecule has 6 heteroatoms. The zero-order chi connectivity index (χ0) is 16.4. The second-order valence-electron chi connectivity index (χ2n) is 5.50. The predicted octanol–water partition coefficient (Wildman–Crippen LogP) is 3.16. The molecule has 5 nitrogen and oxygen atoms in total. The van der Waals surface area contributed by atoms with Gasteiger partial charge in [-0.05, 0) is 31.5 Å². The van der Waals surface area contributed by atoms with Gasteiger partial charge in [-0.1, -0.05) is 6.08 Å². The summed E-state index contributed by atoms with van der Waals surface area (Å²) in [6.07, 6.45) is 6.06. The molecule has 0 bridgehead atoms. The minimum Gasteiger partial charge on any atom is -0.344 e. The van der Waals surface area contributed by atoms with E-state index in [0.717, 1.165) is 20.8 Å². The first-order chi connectivity index (χ1) is 11.0. The summed E-state index contributed by atoms with van der Waals surface area (Å²) in [6, 6.07) is 3.69. The smallest absolute Gasteiger partial charge is 0.268 e. The van der Waals surface area contributed by atoms with Crippen molar-refractivity contribution in [2.24, 2.45) is 0 Å². The molecule has 0 aromatic carbocycles. The Kier molecular flexibility index (Phi) is 4.25. The number of pyridine rings is 1. The Balaban J connectivity index is 1.74. The number of H-pyrrole nitrogens is 1. The molecule has 0 fully saturated rings. The molecule has 0 aliphatic carbocycles. The van der Waals surface area contributed by atoms with Gasteiger partial charge in [0.25, 0.3) is 5.91 Å². The third-order valence-electron chi connectivity index (χ3n) is 3.54. The van der Waals surface area contributed by atoms with Crippen molar-refractivity contribution in [1.29, 1.82) is 0 Å². The lowest BCUT2D eigenvalue weighted by Gasteiger charge is -2.12. The SMILES string of the molecule is C=CC(Cc1cnc(C)s1)NC(=O)c1cc2cc(C)cnc2[nH]1. The number of hydrogen-bond donors (Lipinski definition) is 2. The van der Waals surface area contributed by atoms with Crippen LogP contribution in [-0.2, 0) is 6.42 Å². The van der Waals surface area contributed by atoms with Gasteiger partial charge in [-0.15, -0.1) is 17.9 Å². The topological polar surface area (TPSA) is 70.7 Å². The molecule has 3 heterocycles. The molecule has 118 valence electrons. The van der Waals surface area contributed by atoms with Crippen molar-refractivity contribution < 1.29 is 4.79 Å². The third-order valence-corrected chi connectivity index (χ3v) is 4.48. The Bertz CT molecular complexity index is 864. The van der Waals surface area contributed by atoms with E-state index in [4.69, 9.17) is 0 Å². The van der Waals surface area contributed by atoms with Gasteiger partial charge < -0.3 is 10.3 Å². The van der Waals surface area contributed by atoms with Gasteiger partial charge in [-0.3, -0.25) is 4.79 Å². The van der Waals surface area contributed by atoms with Gasteiger partial charge in [0, 0.05) is 29.1 Å². The zero-order valence-electron chi connectivity index (χ0n) is 13.1. The molecule has 3 aromatic heterocycles. The fourth-order valence-corrected chi connectivity index (χ4v) is 3.26. The molecule has 1 unspecified atom stereocenters. The molecule has 2 N–H and O–H groups in total. The fraction of sp³-hybridized carbons (Fsp3) is 0.235. The highest BCUT2D eigenvalue weighted by atomic mass is 32.1. The Morgan fingerprint density at radius 3 is 2.91 bits per heavy atom. The Labute approximate surface area is 138 Å². The van der Waals surface area contributed by atoms with Gasteiger partial charge in [-0.2, -0.15) is 0 Å². The number of aromatic amines is 1. The van der Waals surface area contributed by atoms with E-state index < -0.39 is 0 Å². The maximum atomic E-state index is 12.4. The van der Waals surface area contributed by atoms with Gasteiger partial charge >= 0.3 is 0 Å². The maximum Gasteiger partial charge on any atom is 0.268 e. The molecule has 0 spiro atoms. The molecule has 23 heavy (non-hydrogen) atoms. The van der Waals surface area contributed by atoms with E-state index in [0.29, 0.717) is 17.8 Å². The zero-order valence-corrected chi connectivity index (χ0v) is 13.9. The van der Waals surface area contributed by atoms with E-state index >= 15 is 0 Å². The molecule has 0 radical (unpaired) electrons. The number of carbonyl (C=O) groups is 1. The molecule has 3 rings (SSSR count). The molecular formula is C17H18N4OS. The molecule has 3 aromatic rings. The lowest BCUT2D eigenvalue weighted by atomic mass is 10.2. The van der Waals surface area contributed by atoms with Gasteiger partial charge in [0.15, 0.2) is 0 Å². The van der Waals surface area contributed by atoms with Crippen LogP contribution in [0.1, 0.15) is 25.9 Å². The highest BCUT2D eigenvalue weighted by molar-refractivity contribution is 7.11. The van der Waals surface area contributed by atoms with E-state index in [9.17, 15) is 4.79 Å². The van der Waals surface area contributed by atoms with E-state index in [2.05, 4.69) is 26.8 Å². The second kappa shape index (κ2) is 6.34. The van der Waals surface area contributed by atoms with Crippen LogP contribution in [0.5, 0.6) is 0 Å². The molecule has 0 saturated carbocycles. The predicted molar refractivity (Wildman–Crippen MR) is 92.8 cm³/mol. The first-order valence-corrected chi connectivity index (χ1v) is 8.17. The molecular weight excluding hydrogens is 308 g/mol. The number of hydrogen-bond acceptors (Lipinski definition) is 4. The number of amides is 1. The summed E-state index contributed by atoms with van der Waals surface area (Å²) in [5.74, 6) is -0.160. The Morgan fingerprint density at radius 1 is 1.39 bits per heavy atom. The lowest BCUT2D eigenvalue weighted by Crippen LogP contribution is -2.34. The quantitative estimate of drug-likeness (QED) is 0.708. The first-order valence-electron chi connectivity index (χ1n) is 7.35. The summed E-state index contributed by atoms with van der Waals surface area (Å²) in [7, 11) is 0. The van der Waals surface area contributed by atoms with Crippen molar-refractivity contribution in [2.45, 2.75) is 26.3 Å². The van der Waals surface area contributed by atoms with Crippen molar-refractivity contribution in [1.82, 2.24) is 20.3 Å². The highest BCUT2D eigenvalue weighted by Gasteiger charge is 2.15. The van der Waals surface area contributed by atoms with E-state index in [1.165, 1.54) is 0 Å². The minimum atomic E-state index is -0.160. The van der Waals surface area contributed by atoms with Crippen LogP contribution in [0, 0.1) is 13.8 Å². The van der Waals surface area contributed by atoms with Crippen LogP contribution in [0.15, 0.2) is 37.2 Å². The van der Waals surface area contributed by atoms with Crippen molar-refractivity contribution in [3.63, 3.8) is 0 Å². The summed E-state index contributed by atoms with van der Waals surface area (Å²) in [4.78, 5) is 25.1. The number of nitrogens with zero attached hydrogens (tertiary/aromatic N) is 2. The van der Waals surface area contributed by atoms with Gasteiger partial charge in [0.2, 0.25) is 0 Å². The number of rotatable bonds is 5. The Hall–Kier alpha value is -2.47. The number of aryl methyl sites for hydroxylation is 2. The van der Waals surface area contributed by atoms with Crippen LogP contribution in [0.2, 0.25) is 0 Å². The first kappa shape index (κ1) is 15.4. The van der Waals surface area contributed by atoms with E-state index in [1.54, 1.807) is 23.6 Å². The summed E-state index contributed by atoms with van der Waals surface area (Å²) < 4.78 is 0. The fourth-order valence-electron chi connectivity index (χ4n) is 2.40. The van der Waals surface area contributed by atoms with Crippen LogP contribution in [-0.4, -0.2) is 26.9 Å². The van der Waals surface area contributed by atoms with Crippen LogP contribution < -0.4 is 5.32 Å². The minimum absolute atomic E-state index is 0.136. The lowest BCUT2D eigenvalue weighted by molar-refractivity contribution is 0.0940. The van der Waals surface area contributed by atoms with Crippen molar-refractivity contribution in [3.05, 3.63) is 58.3 Å². The summed E-state index contributed by atoms with van der Waals surface area (Å²) in [6.45, 7) is 7.76. The summed E-state index contributed by atoms with van der Waals surface area (Å²) in [5, 5.41) is 4.93. The monoisotopic (exact) mass is 326 g/mol. The van der Waals surface area contributed by atoms with Crippen LogP contribution in [0.4, 0.5) is 0 Å². The van der Waals surface area contributed by atoms with E-state index in [1.807, 2.05) is 32.2 Å². The number of aromatic nitrogens is 3. The van der Waals surface area contributed by atoms with E-state index in [-0.39, 0.29) is 11.9 Å².